The van der Waals surface area contributed by atoms with E-state index in [1.54, 1.807) is 25.1 Å². The summed E-state index contributed by atoms with van der Waals surface area (Å²) < 4.78 is 11.6. The van der Waals surface area contributed by atoms with Gasteiger partial charge in [-0.2, -0.15) is 0 Å². The molecule has 5 heteroatoms. The number of amides is 1. The van der Waals surface area contributed by atoms with Crippen LogP contribution in [0.25, 0.3) is 22.1 Å². The lowest BCUT2D eigenvalue weighted by molar-refractivity contribution is -0.123. The summed E-state index contributed by atoms with van der Waals surface area (Å²) in [5.41, 5.74) is 2.73. The highest BCUT2D eigenvalue weighted by Crippen LogP contribution is 2.26. The second-order valence-corrected chi connectivity index (χ2v) is 7.37. The van der Waals surface area contributed by atoms with E-state index in [0.717, 1.165) is 11.1 Å². The second kappa shape index (κ2) is 8.88. The minimum Gasteiger partial charge on any atom is -0.484 e. The van der Waals surface area contributed by atoms with Crippen LogP contribution in [0.5, 0.6) is 5.75 Å². The molecular weight excluding hydrogens is 390 g/mol. The summed E-state index contributed by atoms with van der Waals surface area (Å²) in [5, 5.41) is 3.38. The van der Waals surface area contributed by atoms with Crippen LogP contribution in [0.15, 0.2) is 88.1 Å². The lowest BCUT2D eigenvalue weighted by atomic mass is 10.0. The zero-order valence-corrected chi connectivity index (χ0v) is 17.4. The van der Waals surface area contributed by atoms with Gasteiger partial charge in [-0.3, -0.25) is 9.59 Å². The number of aryl methyl sites for hydroxylation is 1. The molecular formula is C26H23NO4. The summed E-state index contributed by atoms with van der Waals surface area (Å²) in [7, 11) is 0. The molecule has 4 aromatic rings. The number of carbonyl (C=O) groups is 1. The first-order valence-electron chi connectivity index (χ1n) is 10.1. The first-order valence-corrected chi connectivity index (χ1v) is 10.1. The Morgan fingerprint density at radius 2 is 1.68 bits per heavy atom. The number of ether oxygens (including phenoxy) is 1. The molecule has 1 N–H and O–H groups in total. The van der Waals surface area contributed by atoms with Crippen molar-refractivity contribution in [3.63, 3.8) is 0 Å². The van der Waals surface area contributed by atoms with Crippen molar-refractivity contribution in [1.29, 1.82) is 0 Å². The number of hydrogen-bond acceptors (Lipinski definition) is 4. The van der Waals surface area contributed by atoms with Gasteiger partial charge < -0.3 is 14.5 Å². The SMILES string of the molecule is Cc1oc2cc(OCC(=O)N[C@H](C)c3ccccc3)ccc2c(=O)c1-c1ccccc1. The highest BCUT2D eigenvalue weighted by Gasteiger charge is 2.15. The van der Waals surface area contributed by atoms with E-state index in [0.29, 0.717) is 28.0 Å². The van der Waals surface area contributed by atoms with E-state index in [1.165, 1.54) is 0 Å². The summed E-state index contributed by atoms with van der Waals surface area (Å²) in [6.45, 7) is 3.56. The molecule has 5 nitrogen and oxygen atoms in total. The van der Waals surface area contributed by atoms with Crippen molar-refractivity contribution in [3.05, 3.63) is 100 Å². The van der Waals surface area contributed by atoms with Gasteiger partial charge in [0.2, 0.25) is 5.43 Å². The van der Waals surface area contributed by atoms with E-state index < -0.39 is 0 Å². The van der Waals surface area contributed by atoms with Crippen LogP contribution >= 0.6 is 0 Å². The van der Waals surface area contributed by atoms with E-state index in [9.17, 15) is 9.59 Å². The number of fused-ring (bicyclic) bond motifs is 1. The Balaban J connectivity index is 1.49. The predicted molar refractivity (Wildman–Crippen MR) is 121 cm³/mol. The van der Waals surface area contributed by atoms with Crippen LogP contribution in [0.4, 0.5) is 0 Å². The van der Waals surface area contributed by atoms with Gasteiger partial charge in [0.05, 0.1) is 17.0 Å². The fourth-order valence-electron chi connectivity index (χ4n) is 3.57. The Kier molecular flexibility index (Phi) is 5.85. The first-order chi connectivity index (χ1) is 15.0. The number of nitrogens with one attached hydrogen (secondary N) is 1. The maximum Gasteiger partial charge on any atom is 0.258 e. The summed E-state index contributed by atoms with van der Waals surface area (Å²) in [6.07, 6.45) is 0. The van der Waals surface area contributed by atoms with Gasteiger partial charge in [-0.25, -0.2) is 0 Å². The molecule has 0 saturated carbocycles. The van der Waals surface area contributed by atoms with E-state index >= 15 is 0 Å². The van der Waals surface area contributed by atoms with Gasteiger partial charge in [-0.05, 0) is 37.1 Å². The molecule has 1 heterocycles. The van der Waals surface area contributed by atoms with Crippen molar-refractivity contribution in [2.75, 3.05) is 6.61 Å². The third-order valence-corrected chi connectivity index (χ3v) is 5.15. The van der Waals surface area contributed by atoms with Gasteiger partial charge in [0.25, 0.3) is 5.91 Å². The average Bonchev–Trinajstić information content (AvgIpc) is 2.79. The van der Waals surface area contributed by atoms with Crippen molar-refractivity contribution in [3.8, 4) is 16.9 Å². The molecule has 31 heavy (non-hydrogen) atoms. The minimum atomic E-state index is -0.228. The standard InChI is InChI=1S/C26H23NO4/c1-17(19-9-5-3-6-10-19)27-24(28)16-30-21-13-14-22-23(15-21)31-18(2)25(26(22)29)20-11-7-4-8-12-20/h3-15,17H,16H2,1-2H3,(H,27,28)/t17-/m1/s1. The van der Waals surface area contributed by atoms with Crippen molar-refractivity contribution < 1.29 is 13.9 Å². The molecule has 0 saturated heterocycles. The molecule has 0 fully saturated rings. The fourth-order valence-corrected chi connectivity index (χ4v) is 3.57. The monoisotopic (exact) mass is 413 g/mol. The third kappa shape index (κ3) is 4.51. The number of carbonyl (C=O) groups excluding carboxylic acids is 1. The molecule has 3 aromatic carbocycles. The van der Waals surface area contributed by atoms with Crippen LogP contribution < -0.4 is 15.5 Å². The Labute approximate surface area is 180 Å². The van der Waals surface area contributed by atoms with E-state index in [-0.39, 0.29) is 24.0 Å². The van der Waals surface area contributed by atoms with Crippen molar-refractivity contribution in [1.82, 2.24) is 5.32 Å². The Morgan fingerprint density at radius 1 is 1.00 bits per heavy atom. The fraction of sp³-hybridized carbons (Fsp3) is 0.154. The molecule has 0 aliphatic rings. The predicted octanol–water partition coefficient (Wildman–Crippen LogP) is 5.02. The van der Waals surface area contributed by atoms with Crippen LogP contribution in [0.2, 0.25) is 0 Å². The Hall–Kier alpha value is -3.86. The normalized spacial score (nSPS) is 11.8. The van der Waals surface area contributed by atoms with E-state index in [1.807, 2.05) is 67.6 Å². The maximum absolute atomic E-state index is 13.0. The Morgan fingerprint density at radius 3 is 2.39 bits per heavy atom. The van der Waals surface area contributed by atoms with Crippen LogP contribution in [-0.2, 0) is 4.79 Å². The summed E-state index contributed by atoms with van der Waals surface area (Å²) in [5.74, 6) is 0.772. The largest absolute Gasteiger partial charge is 0.484 e. The molecule has 0 radical (unpaired) electrons. The average molecular weight is 413 g/mol. The highest BCUT2D eigenvalue weighted by molar-refractivity contribution is 5.84. The highest BCUT2D eigenvalue weighted by atomic mass is 16.5. The summed E-state index contributed by atoms with van der Waals surface area (Å²) in [4.78, 5) is 25.3. The zero-order chi connectivity index (χ0) is 21.8. The minimum absolute atomic E-state index is 0.0917. The van der Waals surface area contributed by atoms with Crippen LogP contribution in [0.3, 0.4) is 0 Å². The molecule has 156 valence electrons. The van der Waals surface area contributed by atoms with Gasteiger partial charge in [-0.1, -0.05) is 60.7 Å². The van der Waals surface area contributed by atoms with Gasteiger partial charge in [0.1, 0.15) is 17.1 Å². The van der Waals surface area contributed by atoms with Crippen LogP contribution in [0, 0.1) is 6.92 Å². The van der Waals surface area contributed by atoms with Crippen LogP contribution in [-0.4, -0.2) is 12.5 Å². The van der Waals surface area contributed by atoms with Crippen LogP contribution in [0.1, 0.15) is 24.3 Å². The molecule has 1 amide bonds. The number of hydrogen-bond donors (Lipinski definition) is 1. The van der Waals surface area contributed by atoms with Gasteiger partial charge in [-0.15, -0.1) is 0 Å². The molecule has 4 rings (SSSR count). The lowest BCUT2D eigenvalue weighted by Crippen LogP contribution is -2.31. The van der Waals surface area contributed by atoms with Gasteiger partial charge in [0, 0.05) is 6.07 Å². The molecule has 1 aromatic heterocycles. The first kappa shape index (κ1) is 20.4. The second-order valence-electron chi connectivity index (χ2n) is 7.37. The molecule has 0 aliphatic carbocycles. The number of benzene rings is 3. The summed E-state index contributed by atoms with van der Waals surface area (Å²) >= 11 is 0. The quantitative estimate of drug-likeness (QED) is 0.482. The van der Waals surface area contributed by atoms with E-state index in [4.69, 9.17) is 9.15 Å². The summed E-state index contributed by atoms with van der Waals surface area (Å²) in [6, 6.07) is 24.1. The maximum atomic E-state index is 13.0. The van der Waals surface area contributed by atoms with Crippen molar-refractivity contribution in [2.45, 2.75) is 19.9 Å². The molecule has 0 spiro atoms. The molecule has 1 atom stereocenters. The zero-order valence-electron chi connectivity index (χ0n) is 17.4. The van der Waals surface area contributed by atoms with Crippen molar-refractivity contribution >= 4 is 16.9 Å². The smallest absolute Gasteiger partial charge is 0.258 e. The van der Waals surface area contributed by atoms with E-state index in [2.05, 4.69) is 5.32 Å². The molecule has 0 unspecified atom stereocenters. The lowest BCUT2D eigenvalue weighted by Gasteiger charge is -2.15. The van der Waals surface area contributed by atoms with Gasteiger partial charge in [0.15, 0.2) is 6.61 Å². The number of rotatable bonds is 6. The molecule has 0 bridgehead atoms. The topological polar surface area (TPSA) is 68.5 Å². The molecule has 0 aliphatic heterocycles. The van der Waals surface area contributed by atoms with Crippen molar-refractivity contribution in [2.24, 2.45) is 0 Å². The van der Waals surface area contributed by atoms with Gasteiger partial charge >= 0.3 is 0 Å². The third-order valence-electron chi connectivity index (χ3n) is 5.15. The Bertz CT molecular complexity index is 1260.